The van der Waals surface area contributed by atoms with Crippen molar-refractivity contribution in [3.05, 3.63) is 23.8 Å². The minimum atomic E-state index is -0.770. The van der Waals surface area contributed by atoms with Gasteiger partial charge in [-0.25, -0.2) is 4.98 Å². The molecule has 3 nitrogen and oxygen atoms in total. The van der Waals surface area contributed by atoms with Crippen molar-refractivity contribution < 1.29 is 13.9 Å². The Labute approximate surface area is 69.2 Å². The highest BCUT2D eigenvalue weighted by molar-refractivity contribution is 5.75. The number of ether oxygens (including phenoxy) is 1. The third-order valence-corrected chi connectivity index (χ3v) is 1.28. The van der Waals surface area contributed by atoms with Gasteiger partial charge in [0.15, 0.2) is 6.29 Å². The summed E-state index contributed by atoms with van der Waals surface area (Å²) in [6.07, 6.45) is 1.65. The van der Waals surface area contributed by atoms with Crippen LogP contribution in [0.3, 0.4) is 0 Å². The monoisotopic (exact) mass is 169 g/mol. The first-order valence-corrected chi connectivity index (χ1v) is 3.51. The zero-order valence-corrected chi connectivity index (χ0v) is 6.58. The molecule has 0 aliphatic carbocycles. The van der Waals surface area contributed by atoms with E-state index in [9.17, 15) is 9.18 Å². The molecule has 0 unspecified atom stereocenters. The molecular weight excluding hydrogens is 161 g/mol. The number of carbonyl (C=O) groups is 1. The summed E-state index contributed by atoms with van der Waals surface area (Å²) in [6.45, 7) is 2.26. The SMILES string of the molecule is CCOc1cnc(F)c(C=O)c1. The van der Waals surface area contributed by atoms with E-state index in [0.29, 0.717) is 18.6 Å². The Kier molecular flexibility index (Phi) is 2.74. The summed E-state index contributed by atoms with van der Waals surface area (Å²) in [5.74, 6) is -0.366. The van der Waals surface area contributed by atoms with Gasteiger partial charge in [-0.05, 0) is 13.0 Å². The molecule has 0 fully saturated rings. The number of aromatic nitrogens is 1. The van der Waals surface area contributed by atoms with Crippen LogP contribution in [0.15, 0.2) is 12.3 Å². The van der Waals surface area contributed by atoms with E-state index in [-0.39, 0.29) is 5.56 Å². The molecule has 1 heterocycles. The van der Waals surface area contributed by atoms with Crippen molar-refractivity contribution in [3.63, 3.8) is 0 Å². The van der Waals surface area contributed by atoms with Crippen LogP contribution in [-0.2, 0) is 0 Å². The number of halogens is 1. The highest BCUT2D eigenvalue weighted by atomic mass is 19.1. The van der Waals surface area contributed by atoms with Gasteiger partial charge in [0.25, 0.3) is 0 Å². The Morgan fingerprint density at radius 2 is 2.50 bits per heavy atom. The largest absolute Gasteiger partial charge is 0.492 e. The second-order valence-corrected chi connectivity index (χ2v) is 2.10. The van der Waals surface area contributed by atoms with Crippen LogP contribution in [-0.4, -0.2) is 17.9 Å². The number of hydrogen-bond donors (Lipinski definition) is 0. The van der Waals surface area contributed by atoms with Gasteiger partial charge in [-0.2, -0.15) is 4.39 Å². The fourth-order valence-electron chi connectivity index (χ4n) is 0.773. The topological polar surface area (TPSA) is 39.2 Å². The van der Waals surface area contributed by atoms with Crippen LogP contribution in [0.4, 0.5) is 4.39 Å². The smallest absolute Gasteiger partial charge is 0.223 e. The number of carbonyl (C=O) groups excluding carboxylic acids is 1. The van der Waals surface area contributed by atoms with Crippen molar-refractivity contribution in [2.45, 2.75) is 6.92 Å². The van der Waals surface area contributed by atoms with E-state index in [1.807, 2.05) is 0 Å². The predicted octanol–water partition coefficient (Wildman–Crippen LogP) is 1.43. The average molecular weight is 169 g/mol. The summed E-state index contributed by atoms with van der Waals surface area (Å²) >= 11 is 0. The molecule has 0 radical (unpaired) electrons. The van der Waals surface area contributed by atoms with Crippen LogP contribution in [0, 0.1) is 5.95 Å². The van der Waals surface area contributed by atoms with Crippen LogP contribution in [0.2, 0.25) is 0 Å². The maximum absolute atomic E-state index is 12.6. The maximum atomic E-state index is 12.6. The molecule has 0 saturated heterocycles. The van der Waals surface area contributed by atoms with Crippen molar-refractivity contribution in [1.82, 2.24) is 4.98 Å². The van der Waals surface area contributed by atoms with Crippen LogP contribution in [0.1, 0.15) is 17.3 Å². The van der Waals surface area contributed by atoms with Gasteiger partial charge in [-0.15, -0.1) is 0 Å². The van der Waals surface area contributed by atoms with E-state index in [0.717, 1.165) is 0 Å². The zero-order chi connectivity index (χ0) is 8.97. The summed E-state index contributed by atoms with van der Waals surface area (Å²) in [7, 11) is 0. The number of aldehydes is 1. The standard InChI is InChI=1S/C8H8FNO2/c1-2-12-7-3-6(5-11)8(9)10-4-7/h3-5H,2H2,1H3. The number of hydrogen-bond acceptors (Lipinski definition) is 3. The Morgan fingerprint density at radius 1 is 1.75 bits per heavy atom. The van der Waals surface area contributed by atoms with Crippen LogP contribution >= 0.6 is 0 Å². The van der Waals surface area contributed by atoms with Crippen LogP contribution < -0.4 is 4.74 Å². The third kappa shape index (κ3) is 1.78. The summed E-state index contributed by atoms with van der Waals surface area (Å²) in [4.78, 5) is 13.6. The first kappa shape index (κ1) is 8.64. The number of rotatable bonds is 3. The van der Waals surface area contributed by atoms with Gasteiger partial charge < -0.3 is 4.74 Å². The molecule has 64 valence electrons. The minimum Gasteiger partial charge on any atom is -0.492 e. The van der Waals surface area contributed by atoms with Gasteiger partial charge >= 0.3 is 0 Å². The molecular formula is C8H8FNO2. The third-order valence-electron chi connectivity index (χ3n) is 1.28. The lowest BCUT2D eigenvalue weighted by Crippen LogP contribution is -1.96. The van der Waals surface area contributed by atoms with Gasteiger partial charge in [0.1, 0.15) is 5.75 Å². The summed E-state index contributed by atoms with van der Waals surface area (Å²) in [5.41, 5.74) is -0.0825. The molecule has 0 atom stereocenters. The second kappa shape index (κ2) is 3.80. The Morgan fingerprint density at radius 3 is 3.08 bits per heavy atom. The van der Waals surface area contributed by atoms with Gasteiger partial charge in [-0.3, -0.25) is 4.79 Å². The molecule has 0 spiro atoms. The Balaban J connectivity index is 2.96. The molecule has 1 rings (SSSR count). The predicted molar refractivity (Wildman–Crippen MR) is 40.8 cm³/mol. The highest BCUT2D eigenvalue weighted by Crippen LogP contribution is 2.12. The summed E-state index contributed by atoms with van der Waals surface area (Å²) in [6, 6.07) is 1.32. The van der Waals surface area contributed by atoms with Gasteiger partial charge in [0.05, 0.1) is 18.4 Å². The number of nitrogens with zero attached hydrogens (tertiary/aromatic N) is 1. The average Bonchev–Trinajstić information content (AvgIpc) is 2.09. The first-order chi connectivity index (χ1) is 5.77. The molecule has 0 aliphatic rings. The second-order valence-electron chi connectivity index (χ2n) is 2.10. The van der Waals surface area contributed by atoms with E-state index in [4.69, 9.17) is 4.74 Å². The molecule has 0 aliphatic heterocycles. The Hall–Kier alpha value is -1.45. The summed E-state index contributed by atoms with van der Waals surface area (Å²) in [5, 5.41) is 0. The van der Waals surface area contributed by atoms with Crippen LogP contribution in [0.5, 0.6) is 5.75 Å². The molecule has 0 saturated carbocycles. The van der Waals surface area contributed by atoms with Gasteiger partial charge in [0, 0.05) is 0 Å². The fraction of sp³-hybridized carbons (Fsp3) is 0.250. The van der Waals surface area contributed by atoms with E-state index in [1.165, 1.54) is 12.3 Å². The molecule has 0 amide bonds. The summed E-state index contributed by atoms with van der Waals surface area (Å²) < 4.78 is 17.6. The molecule has 0 N–H and O–H groups in total. The normalized spacial score (nSPS) is 9.50. The van der Waals surface area contributed by atoms with E-state index in [2.05, 4.69) is 4.98 Å². The lowest BCUT2D eigenvalue weighted by molar-refractivity contribution is 0.111. The van der Waals surface area contributed by atoms with Gasteiger partial charge in [-0.1, -0.05) is 0 Å². The molecule has 12 heavy (non-hydrogen) atoms. The molecule has 1 aromatic heterocycles. The van der Waals surface area contributed by atoms with Crippen molar-refractivity contribution in [3.8, 4) is 5.75 Å². The minimum absolute atomic E-state index is 0.0825. The highest BCUT2D eigenvalue weighted by Gasteiger charge is 2.03. The Bertz CT molecular complexity index is 288. The molecule has 1 aromatic rings. The maximum Gasteiger partial charge on any atom is 0.223 e. The lowest BCUT2D eigenvalue weighted by Gasteiger charge is -2.01. The zero-order valence-electron chi connectivity index (χ0n) is 6.58. The van der Waals surface area contributed by atoms with E-state index in [1.54, 1.807) is 6.92 Å². The van der Waals surface area contributed by atoms with Crippen molar-refractivity contribution >= 4 is 6.29 Å². The number of pyridine rings is 1. The lowest BCUT2D eigenvalue weighted by atomic mass is 10.3. The van der Waals surface area contributed by atoms with Crippen molar-refractivity contribution in [2.75, 3.05) is 6.61 Å². The molecule has 4 heteroatoms. The van der Waals surface area contributed by atoms with E-state index < -0.39 is 5.95 Å². The van der Waals surface area contributed by atoms with Crippen LogP contribution in [0.25, 0.3) is 0 Å². The fourth-order valence-corrected chi connectivity index (χ4v) is 0.773. The van der Waals surface area contributed by atoms with Crippen molar-refractivity contribution in [2.24, 2.45) is 0 Å². The van der Waals surface area contributed by atoms with Crippen molar-refractivity contribution in [1.29, 1.82) is 0 Å². The molecule has 0 bridgehead atoms. The first-order valence-electron chi connectivity index (χ1n) is 3.51. The quantitative estimate of drug-likeness (QED) is 0.507. The van der Waals surface area contributed by atoms with E-state index >= 15 is 0 Å². The molecule has 0 aromatic carbocycles. The van der Waals surface area contributed by atoms with Gasteiger partial charge in [0.2, 0.25) is 5.95 Å².